The fourth-order valence-corrected chi connectivity index (χ4v) is 6.85. The Labute approximate surface area is 250 Å². The van der Waals surface area contributed by atoms with E-state index >= 15 is 0 Å². The summed E-state index contributed by atoms with van der Waals surface area (Å²) >= 11 is 0. The van der Waals surface area contributed by atoms with Gasteiger partial charge in [0.1, 0.15) is 11.9 Å². The Balaban J connectivity index is 1.45. The molecule has 6 rings (SSSR count). The number of hydrogen-bond acceptors (Lipinski definition) is 5. The van der Waals surface area contributed by atoms with Crippen molar-refractivity contribution in [1.29, 1.82) is 0 Å². The number of nitrogens with zero attached hydrogens (tertiary/aromatic N) is 4. The Bertz CT molecular complexity index is 1470. The van der Waals surface area contributed by atoms with Gasteiger partial charge in [-0.3, -0.25) is 19.3 Å². The summed E-state index contributed by atoms with van der Waals surface area (Å²) < 4.78 is 76.1. The number of carbonyl (C=O) groups is 3. The zero-order valence-electron chi connectivity index (χ0n) is 24.4. The number of amides is 3. The van der Waals surface area contributed by atoms with Crippen molar-refractivity contribution in [3.63, 3.8) is 0 Å². The number of likely N-dealkylation sites (N-methyl/N-ethyl adjacent to an activating group) is 1. The fourth-order valence-electron chi connectivity index (χ4n) is 6.85. The summed E-state index contributed by atoms with van der Waals surface area (Å²) in [6, 6.07) is 1.78. The van der Waals surface area contributed by atoms with Crippen molar-refractivity contribution in [2.75, 3.05) is 31.2 Å². The van der Waals surface area contributed by atoms with Crippen molar-refractivity contribution in [1.82, 2.24) is 20.0 Å². The van der Waals surface area contributed by atoms with Gasteiger partial charge in [0.05, 0.1) is 18.2 Å². The zero-order chi connectivity index (χ0) is 31.6. The van der Waals surface area contributed by atoms with E-state index in [4.69, 9.17) is 9.84 Å². The number of likely N-dealkylation sites (tertiary alicyclic amines) is 1. The van der Waals surface area contributed by atoms with Crippen LogP contribution in [0.15, 0.2) is 24.3 Å². The predicted molar refractivity (Wildman–Crippen MR) is 148 cm³/mol. The molecular formula is C30H34F5N5O4. The first-order valence-electron chi connectivity index (χ1n) is 15.0. The van der Waals surface area contributed by atoms with Gasteiger partial charge < -0.3 is 15.0 Å². The number of alkyl halides is 5. The molecule has 0 spiro atoms. The molecule has 3 fully saturated rings. The number of anilines is 1. The van der Waals surface area contributed by atoms with E-state index in [1.807, 2.05) is 0 Å². The van der Waals surface area contributed by atoms with Gasteiger partial charge in [0.15, 0.2) is 5.69 Å². The van der Waals surface area contributed by atoms with Crippen molar-refractivity contribution in [3.05, 3.63) is 46.6 Å². The number of aromatic nitrogens is 2. The third kappa shape index (κ3) is 5.45. The summed E-state index contributed by atoms with van der Waals surface area (Å²) in [4.78, 5) is 44.1. The van der Waals surface area contributed by atoms with Crippen LogP contribution < -0.4 is 10.2 Å². The van der Waals surface area contributed by atoms with Gasteiger partial charge >= 0.3 is 6.18 Å². The van der Waals surface area contributed by atoms with Crippen LogP contribution in [0.5, 0.6) is 0 Å². The molecule has 3 aliphatic heterocycles. The second-order valence-electron chi connectivity index (χ2n) is 12.2. The summed E-state index contributed by atoms with van der Waals surface area (Å²) in [5, 5.41) is 7.43. The molecule has 4 heterocycles. The Kier molecular flexibility index (Phi) is 7.70. The average Bonchev–Trinajstić information content (AvgIpc) is 3.68. The molecular weight excluding hydrogens is 589 g/mol. The Hall–Kier alpha value is -3.55. The Morgan fingerprint density at radius 3 is 2.43 bits per heavy atom. The number of hydrogen-bond donors (Lipinski definition) is 1. The highest BCUT2D eigenvalue weighted by atomic mass is 19.4. The van der Waals surface area contributed by atoms with Crippen LogP contribution in [0.4, 0.5) is 27.8 Å². The van der Waals surface area contributed by atoms with E-state index in [-0.39, 0.29) is 29.8 Å². The summed E-state index contributed by atoms with van der Waals surface area (Å²) in [6.07, 6.45) is -2.64. The number of ether oxygens (including phenoxy) is 1. The largest absolute Gasteiger partial charge is 0.416 e. The van der Waals surface area contributed by atoms with Crippen LogP contribution in [-0.4, -0.2) is 76.7 Å². The molecule has 2 saturated heterocycles. The van der Waals surface area contributed by atoms with Crippen molar-refractivity contribution in [2.45, 2.75) is 82.1 Å². The standard InChI is InChI=1S/C30H34F5N5O4/c1-3-38-26-22(24(37-40(26)20-9-11-44-12-10-20)28(43)39-15-29(31,32)14-16(39)2)21(17-7-8-17)23(27(38)42)36-25(41)18-5-4-6-19(13-18)30(33,34)35/h4-6,13,16-17,20-21,23H,3,7-12,14-15H2,1-2H3,(H,36,41)/t16-,21+,23+/m1/s1. The van der Waals surface area contributed by atoms with Crippen LogP contribution >= 0.6 is 0 Å². The third-order valence-electron chi connectivity index (χ3n) is 9.11. The minimum absolute atomic E-state index is 0.0304. The topological polar surface area (TPSA) is 96.8 Å². The summed E-state index contributed by atoms with van der Waals surface area (Å²) in [5.74, 6) is -5.49. The van der Waals surface area contributed by atoms with Gasteiger partial charge in [-0.15, -0.1) is 0 Å². The molecule has 0 unspecified atom stereocenters. The minimum atomic E-state index is -4.67. The van der Waals surface area contributed by atoms with Crippen molar-refractivity contribution in [2.24, 2.45) is 5.92 Å². The summed E-state index contributed by atoms with van der Waals surface area (Å²) in [7, 11) is 0. The predicted octanol–water partition coefficient (Wildman–Crippen LogP) is 4.78. The van der Waals surface area contributed by atoms with Gasteiger partial charge in [-0.1, -0.05) is 6.07 Å². The highest BCUT2D eigenvalue weighted by Crippen LogP contribution is 2.52. The number of rotatable bonds is 6. The van der Waals surface area contributed by atoms with E-state index in [9.17, 15) is 36.3 Å². The maximum Gasteiger partial charge on any atom is 0.416 e. The maximum atomic E-state index is 14.4. The second kappa shape index (κ2) is 11.1. The molecule has 1 N–H and O–H groups in total. The monoisotopic (exact) mass is 623 g/mol. The second-order valence-corrected chi connectivity index (χ2v) is 12.2. The van der Waals surface area contributed by atoms with E-state index in [1.165, 1.54) is 11.0 Å². The van der Waals surface area contributed by atoms with E-state index < -0.39 is 66.4 Å². The smallest absolute Gasteiger partial charge is 0.381 e. The molecule has 238 valence electrons. The lowest BCUT2D eigenvalue weighted by Crippen LogP contribution is -2.56. The van der Waals surface area contributed by atoms with Crippen LogP contribution in [0.3, 0.4) is 0 Å². The molecule has 1 aliphatic carbocycles. The molecule has 1 aromatic carbocycles. The molecule has 3 atom stereocenters. The maximum absolute atomic E-state index is 14.4. The molecule has 14 heteroatoms. The highest BCUT2D eigenvalue weighted by molar-refractivity contribution is 6.07. The summed E-state index contributed by atoms with van der Waals surface area (Å²) in [6.45, 7) is 3.57. The highest BCUT2D eigenvalue weighted by Gasteiger charge is 2.54. The molecule has 4 aliphatic rings. The van der Waals surface area contributed by atoms with Gasteiger partial charge in [-0.05, 0) is 63.6 Å². The Morgan fingerprint density at radius 2 is 1.84 bits per heavy atom. The first-order chi connectivity index (χ1) is 20.8. The fraction of sp³-hybridized carbons (Fsp3) is 0.600. The van der Waals surface area contributed by atoms with Crippen LogP contribution in [0.2, 0.25) is 0 Å². The van der Waals surface area contributed by atoms with Gasteiger partial charge in [0, 0.05) is 49.3 Å². The van der Waals surface area contributed by atoms with Gasteiger partial charge in [-0.25, -0.2) is 13.5 Å². The third-order valence-corrected chi connectivity index (χ3v) is 9.11. The van der Waals surface area contributed by atoms with Crippen LogP contribution in [0.25, 0.3) is 0 Å². The first-order valence-corrected chi connectivity index (χ1v) is 15.0. The van der Waals surface area contributed by atoms with Gasteiger partial charge in [0.25, 0.3) is 23.6 Å². The normalized spacial score (nSPS) is 25.7. The number of halogens is 5. The van der Waals surface area contributed by atoms with Crippen LogP contribution in [-0.2, 0) is 15.7 Å². The van der Waals surface area contributed by atoms with Gasteiger partial charge in [-0.2, -0.15) is 18.3 Å². The van der Waals surface area contributed by atoms with Crippen molar-refractivity contribution >= 4 is 23.5 Å². The van der Waals surface area contributed by atoms with Crippen LogP contribution in [0, 0.1) is 5.92 Å². The molecule has 0 radical (unpaired) electrons. The van der Waals surface area contributed by atoms with E-state index in [2.05, 4.69) is 5.32 Å². The van der Waals surface area contributed by atoms with Gasteiger partial charge in [0.2, 0.25) is 0 Å². The Morgan fingerprint density at radius 1 is 1.14 bits per heavy atom. The lowest BCUT2D eigenvalue weighted by atomic mass is 9.82. The SMILES string of the molecule is CCN1C(=O)[C@@H](NC(=O)c2cccc(C(F)(F)F)c2)[C@@H](C2CC2)c2c(C(=O)N3CC(F)(F)C[C@H]3C)nn(C3CCOCC3)c21. The number of carbonyl (C=O) groups excluding carboxylic acids is 3. The molecule has 0 bridgehead atoms. The first kappa shape index (κ1) is 30.5. The molecule has 1 saturated carbocycles. The van der Waals surface area contributed by atoms with E-state index in [0.717, 1.165) is 23.1 Å². The van der Waals surface area contributed by atoms with E-state index in [0.29, 0.717) is 50.3 Å². The number of fused-ring (bicyclic) bond motifs is 1. The van der Waals surface area contributed by atoms with Crippen molar-refractivity contribution in [3.8, 4) is 0 Å². The molecule has 9 nitrogen and oxygen atoms in total. The minimum Gasteiger partial charge on any atom is -0.381 e. The zero-order valence-corrected chi connectivity index (χ0v) is 24.4. The lowest BCUT2D eigenvalue weighted by molar-refractivity contribution is -0.137. The average molecular weight is 624 g/mol. The molecule has 44 heavy (non-hydrogen) atoms. The van der Waals surface area contributed by atoms with E-state index in [1.54, 1.807) is 18.5 Å². The lowest BCUT2D eigenvalue weighted by Gasteiger charge is -2.39. The van der Waals surface area contributed by atoms with Crippen molar-refractivity contribution < 1.29 is 41.1 Å². The summed E-state index contributed by atoms with van der Waals surface area (Å²) in [5.41, 5.74) is -0.878. The molecule has 1 aromatic heterocycles. The molecule has 2 aromatic rings. The van der Waals surface area contributed by atoms with Crippen LogP contribution in [0.1, 0.15) is 89.9 Å². The number of benzene rings is 1. The molecule has 3 amide bonds. The number of nitrogens with one attached hydrogen (secondary N) is 1. The quantitative estimate of drug-likeness (QED) is 0.468.